The van der Waals surface area contributed by atoms with Crippen molar-refractivity contribution in [3.8, 4) is 5.75 Å². The number of methoxy groups -OCH3 is 2. The summed E-state index contributed by atoms with van der Waals surface area (Å²) in [5, 5.41) is 14.9. The topological polar surface area (TPSA) is 106 Å². The van der Waals surface area contributed by atoms with Crippen molar-refractivity contribution in [2.24, 2.45) is 0 Å². The maximum atomic E-state index is 12.1. The van der Waals surface area contributed by atoms with Crippen LogP contribution in [-0.2, 0) is 14.3 Å². The number of carbonyl (C=O) groups excluding carboxylic acids is 2. The van der Waals surface area contributed by atoms with E-state index >= 15 is 0 Å². The molecule has 8 nitrogen and oxygen atoms in total. The zero-order valence-electron chi connectivity index (χ0n) is 14.1. The largest absolute Gasteiger partial charge is 0.497 e. The number of aliphatic hydroxyl groups is 1. The molecule has 2 amide bonds. The number of nitrogens with one attached hydrogen (secondary N) is 2. The quantitative estimate of drug-likeness (QED) is 0.523. The Balaban J connectivity index is 1.94. The van der Waals surface area contributed by atoms with Gasteiger partial charge in [0.15, 0.2) is 0 Å². The van der Waals surface area contributed by atoms with E-state index in [1.54, 1.807) is 43.5 Å². The van der Waals surface area contributed by atoms with E-state index in [2.05, 4.69) is 15.4 Å². The van der Waals surface area contributed by atoms with Gasteiger partial charge in [-0.1, -0.05) is 18.2 Å². The Morgan fingerprint density at radius 2 is 2.08 bits per heavy atom. The van der Waals surface area contributed by atoms with Gasteiger partial charge in [-0.05, 0) is 12.1 Å². The molecule has 0 spiro atoms. The lowest BCUT2D eigenvalue weighted by Gasteiger charge is -2.31. The number of urea groups is 1. The first-order valence-corrected chi connectivity index (χ1v) is 7.78. The molecule has 2 rings (SSSR count). The minimum absolute atomic E-state index is 0.0478. The third-order valence-electron chi connectivity index (χ3n) is 3.68. The van der Waals surface area contributed by atoms with Gasteiger partial charge in [0.05, 0.1) is 39.4 Å². The molecule has 3 atom stereocenters. The third-order valence-corrected chi connectivity index (χ3v) is 3.68. The number of hydrogen-bond donors (Lipinski definition) is 3. The molecular formula is C17H22N2O6. The fourth-order valence-corrected chi connectivity index (χ4v) is 2.40. The average molecular weight is 350 g/mol. The molecule has 25 heavy (non-hydrogen) atoms. The summed E-state index contributed by atoms with van der Waals surface area (Å²) >= 11 is 0. The minimum atomic E-state index is -0.657. The van der Waals surface area contributed by atoms with Gasteiger partial charge in [-0.25, -0.2) is 4.79 Å². The van der Waals surface area contributed by atoms with Gasteiger partial charge in [0.1, 0.15) is 11.9 Å². The van der Waals surface area contributed by atoms with Crippen LogP contribution in [0.4, 0.5) is 10.5 Å². The Hall–Kier alpha value is -2.58. The van der Waals surface area contributed by atoms with E-state index in [-0.39, 0.29) is 13.0 Å². The van der Waals surface area contributed by atoms with Crippen molar-refractivity contribution in [1.82, 2.24) is 5.32 Å². The van der Waals surface area contributed by atoms with Crippen LogP contribution in [0.3, 0.4) is 0 Å². The smallest absolute Gasteiger partial charge is 0.319 e. The van der Waals surface area contributed by atoms with Crippen LogP contribution < -0.4 is 15.4 Å². The van der Waals surface area contributed by atoms with E-state index in [9.17, 15) is 14.7 Å². The molecule has 1 aromatic rings. The second kappa shape index (κ2) is 9.05. The molecule has 8 heteroatoms. The number of aliphatic hydroxyl groups excluding tert-OH is 1. The van der Waals surface area contributed by atoms with Crippen LogP contribution in [0, 0.1) is 0 Å². The standard InChI is InChI=1S/C17H22N2O6/c1-23-12-5-3-4-11(8-12)18-17(22)19-14-7-6-13(9-16(21)24-2)25-15(14)10-20/h3-8,13-15,20H,9-10H2,1-2H3,(H2,18,19,22)/t13-,14-,15-/m1/s1. The molecule has 1 aromatic carbocycles. The highest BCUT2D eigenvalue weighted by Crippen LogP contribution is 2.18. The summed E-state index contributed by atoms with van der Waals surface area (Å²) in [6, 6.07) is 5.96. The van der Waals surface area contributed by atoms with E-state index < -0.39 is 30.3 Å². The van der Waals surface area contributed by atoms with Crippen LogP contribution in [0.2, 0.25) is 0 Å². The summed E-state index contributed by atoms with van der Waals surface area (Å²) in [5.41, 5.74) is 0.571. The maximum absolute atomic E-state index is 12.1. The van der Waals surface area contributed by atoms with Gasteiger partial charge in [0.2, 0.25) is 0 Å². The molecule has 1 aliphatic heterocycles. The Kier molecular flexibility index (Phi) is 6.79. The monoisotopic (exact) mass is 350 g/mol. The number of hydrogen-bond acceptors (Lipinski definition) is 6. The molecule has 136 valence electrons. The number of benzene rings is 1. The summed E-state index contributed by atoms with van der Waals surface area (Å²) < 4.78 is 15.3. The van der Waals surface area contributed by atoms with E-state index in [4.69, 9.17) is 9.47 Å². The molecule has 0 aromatic heterocycles. The van der Waals surface area contributed by atoms with Crippen LogP contribution in [0.15, 0.2) is 36.4 Å². The van der Waals surface area contributed by atoms with E-state index in [0.717, 1.165) is 0 Å². The zero-order valence-corrected chi connectivity index (χ0v) is 14.1. The van der Waals surface area contributed by atoms with Crippen molar-refractivity contribution in [2.45, 2.75) is 24.7 Å². The predicted octanol–water partition coefficient (Wildman–Crippen LogP) is 1.06. The molecule has 0 fully saturated rings. The second-order valence-electron chi connectivity index (χ2n) is 5.42. The molecule has 0 saturated carbocycles. The highest BCUT2D eigenvalue weighted by Gasteiger charge is 2.29. The minimum Gasteiger partial charge on any atom is -0.497 e. The van der Waals surface area contributed by atoms with Crippen molar-refractivity contribution in [1.29, 1.82) is 0 Å². The Bertz CT molecular complexity index is 633. The number of esters is 1. The second-order valence-corrected chi connectivity index (χ2v) is 5.42. The van der Waals surface area contributed by atoms with Crippen molar-refractivity contribution < 1.29 is 28.9 Å². The Morgan fingerprint density at radius 1 is 1.28 bits per heavy atom. The number of amides is 2. The molecule has 0 aliphatic carbocycles. The van der Waals surface area contributed by atoms with Gasteiger partial charge in [0, 0.05) is 11.8 Å². The third kappa shape index (κ3) is 5.47. The van der Waals surface area contributed by atoms with E-state index in [1.807, 2.05) is 0 Å². The van der Waals surface area contributed by atoms with Crippen molar-refractivity contribution in [2.75, 3.05) is 26.1 Å². The summed E-state index contributed by atoms with van der Waals surface area (Å²) in [5.74, 6) is 0.214. The van der Waals surface area contributed by atoms with Gasteiger partial charge < -0.3 is 30.0 Å². The molecule has 0 bridgehead atoms. The van der Waals surface area contributed by atoms with Crippen LogP contribution in [0.5, 0.6) is 5.75 Å². The van der Waals surface area contributed by atoms with E-state index in [1.165, 1.54) is 7.11 Å². The fourth-order valence-electron chi connectivity index (χ4n) is 2.40. The van der Waals surface area contributed by atoms with Crippen molar-refractivity contribution >= 4 is 17.7 Å². The first-order valence-electron chi connectivity index (χ1n) is 7.78. The van der Waals surface area contributed by atoms with E-state index in [0.29, 0.717) is 11.4 Å². The van der Waals surface area contributed by atoms with Gasteiger partial charge in [-0.2, -0.15) is 0 Å². The normalized spacial score (nSPS) is 22.1. The SMILES string of the molecule is COC(=O)C[C@H]1C=C[C@@H](NC(=O)Nc2cccc(OC)c2)[C@@H](CO)O1. The summed E-state index contributed by atoms with van der Waals surface area (Å²) in [6.45, 7) is -0.299. The zero-order chi connectivity index (χ0) is 18.2. The van der Waals surface area contributed by atoms with Gasteiger partial charge in [0.25, 0.3) is 0 Å². The molecule has 1 heterocycles. The first-order chi connectivity index (χ1) is 12.0. The number of rotatable bonds is 6. The highest BCUT2D eigenvalue weighted by atomic mass is 16.5. The molecule has 0 unspecified atom stereocenters. The summed E-state index contributed by atoms with van der Waals surface area (Å²) in [7, 11) is 2.84. The first kappa shape index (κ1) is 18.8. The predicted molar refractivity (Wildman–Crippen MR) is 90.5 cm³/mol. The summed E-state index contributed by atoms with van der Waals surface area (Å²) in [6.07, 6.45) is 2.26. The molecular weight excluding hydrogens is 328 g/mol. The van der Waals surface area contributed by atoms with Crippen LogP contribution in [-0.4, -0.2) is 56.2 Å². The van der Waals surface area contributed by atoms with Crippen LogP contribution >= 0.6 is 0 Å². The van der Waals surface area contributed by atoms with Crippen LogP contribution in [0.1, 0.15) is 6.42 Å². The van der Waals surface area contributed by atoms with Crippen LogP contribution in [0.25, 0.3) is 0 Å². The molecule has 0 saturated heterocycles. The number of ether oxygens (including phenoxy) is 3. The Morgan fingerprint density at radius 3 is 2.76 bits per heavy atom. The fraction of sp³-hybridized carbons (Fsp3) is 0.412. The van der Waals surface area contributed by atoms with Crippen molar-refractivity contribution in [3.63, 3.8) is 0 Å². The highest BCUT2D eigenvalue weighted by molar-refractivity contribution is 5.89. The number of carbonyl (C=O) groups is 2. The van der Waals surface area contributed by atoms with Gasteiger partial charge in [-0.15, -0.1) is 0 Å². The van der Waals surface area contributed by atoms with Gasteiger partial charge >= 0.3 is 12.0 Å². The molecule has 1 aliphatic rings. The lowest BCUT2D eigenvalue weighted by molar-refractivity contribution is -0.144. The lowest BCUT2D eigenvalue weighted by Crippen LogP contribution is -2.49. The number of anilines is 1. The summed E-state index contributed by atoms with van der Waals surface area (Å²) in [4.78, 5) is 23.4. The van der Waals surface area contributed by atoms with Crippen molar-refractivity contribution in [3.05, 3.63) is 36.4 Å². The molecule has 3 N–H and O–H groups in total. The molecule has 0 radical (unpaired) electrons. The average Bonchev–Trinajstić information content (AvgIpc) is 2.62. The lowest BCUT2D eigenvalue weighted by atomic mass is 10.1. The maximum Gasteiger partial charge on any atom is 0.319 e. The Labute approximate surface area is 145 Å². The van der Waals surface area contributed by atoms with Gasteiger partial charge in [-0.3, -0.25) is 4.79 Å².